The smallest absolute Gasteiger partial charge is 0.251 e. The van der Waals surface area contributed by atoms with Crippen molar-refractivity contribution in [1.82, 2.24) is 25.6 Å². The summed E-state index contributed by atoms with van der Waals surface area (Å²) in [4.78, 5) is 43.3. The number of ether oxygens (including phenoxy) is 1. The molecule has 3 aromatic rings. The highest BCUT2D eigenvalue weighted by atomic mass is 16.7. The number of para-hydroxylation sites is 1. The number of likely N-dealkylation sites (N-methyl/N-ethyl adjacent to an activating group) is 1. The summed E-state index contributed by atoms with van der Waals surface area (Å²) in [7, 11) is 9.51. The Balaban J connectivity index is 1.28. The number of nitrogens with two attached hydrogens (primary N) is 1. The number of carbonyl (C=O) groups is 2. The fourth-order valence-corrected chi connectivity index (χ4v) is 9.67. The number of fused-ring (bicyclic) bond motifs is 2. The summed E-state index contributed by atoms with van der Waals surface area (Å²) >= 11 is 0. The van der Waals surface area contributed by atoms with Gasteiger partial charge in [-0.2, -0.15) is 5.06 Å². The standard InChI is InChI=1S/C44H63N7O5/c1-26-36-20-31(44(36,3)4)21-37(26)48-43(54)40-39(27(2)52)38(23-45)56-51(40)24-28-13-12-15-35(41(28)55-9)29-17-30(19-34(18-29)50(7)8)42(53)47-33(25-49(5)6)22-32-14-10-11-16-46-32/h10-19,26-27,31,33,36-40,52H,20-25,45H2,1-9H3,(H,47,53)(H,48,54)/t26-,27-,31+,33-,36-,37-,38-,39+,40-/m0/s1. The van der Waals surface area contributed by atoms with Crippen LogP contribution in [0.15, 0.2) is 60.8 Å². The number of pyridine rings is 1. The average Bonchev–Trinajstić information content (AvgIpc) is 3.53. The van der Waals surface area contributed by atoms with Crippen LogP contribution in [0.4, 0.5) is 5.69 Å². The molecule has 1 aromatic heterocycles. The zero-order valence-corrected chi connectivity index (χ0v) is 34.7. The van der Waals surface area contributed by atoms with Gasteiger partial charge in [-0.05, 0) is 92.9 Å². The molecule has 2 bridgehead atoms. The van der Waals surface area contributed by atoms with E-state index in [-0.39, 0.29) is 37.0 Å². The van der Waals surface area contributed by atoms with E-state index in [9.17, 15) is 14.7 Å². The summed E-state index contributed by atoms with van der Waals surface area (Å²) in [5, 5.41) is 19.4. The predicted octanol–water partition coefficient (Wildman–Crippen LogP) is 4.35. The Kier molecular flexibility index (Phi) is 12.8. The summed E-state index contributed by atoms with van der Waals surface area (Å²) in [5.41, 5.74) is 11.2. The number of benzene rings is 2. The van der Waals surface area contributed by atoms with Gasteiger partial charge in [0, 0.05) is 85.9 Å². The van der Waals surface area contributed by atoms with Gasteiger partial charge in [0.15, 0.2) is 0 Å². The fourth-order valence-electron chi connectivity index (χ4n) is 9.67. The van der Waals surface area contributed by atoms with Crippen LogP contribution in [0.25, 0.3) is 11.1 Å². The third-order valence-corrected chi connectivity index (χ3v) is 12.9. The second-order valence-corrected chi connectivity index (χ2v) is 17.4. The minimum absolute atomic E-state index is 0.0640. The number of hydrogen-bond donors (Lipinski definition) is 4. The van der Waals surface area contributed by atoms with Gasteiger partial charge in [0.05, 0.1) is 25.9 Å². The Morgan fingerprint density at radius 2 is 1.88 bits per heavy atom. The zero-order chi connectivity index (χ0) is 40.5. The molecule has 9 atom stereocenters. The summed E-state index contributed by atoms with van der Waals surface area (Å²) in [6, 6.07) is 16.7. The van der Waals surface area contributed by atoms with E-state index in [1.54, 1.807) is 25.3 Å². The van der Waals surface area contributed by atoms with Crippen LogP contribution in [0.3, 0.4) is 0 Å². The van der Waals surface area contributed by atoms with Gasteiger partial charge in [0.2, 0.25) is 5.91 Å². The number of methoxy groups -OCH3 is 1. The van der Waals surface area contributed by atoms with Crippen molar-refractivity contribution in [2.75, 3.05) is 53.3 Å². The maximum Gasteiger partial charge on any atom is 0.251 e. The van der Waals surface area contributed by atoms with E-state index in [1.807, 2.05) is 87.7 Å². The lowest BCUT2D eigenvalue weighted by molar-refractivity contribution is -0.175. The van der Waals surface area contributed by atoms with E-state index in [4.69, 9.17) is 15.3 Å². The van der Waals surface area contributed by atoms with Crippen molar-refractivity contribution >= 4 is 17.5 Å². The first-order chi connectivity index (χ1) is 26.6. The SMILES string of the molecule is COc1c(CN2O[C@@H](CN)[C@@H]([C@H](C)O)[C@H]2C(=O)N[C@H]2C[C@H]3C[C@@H]([C@@H]2C)C3(C)C)cccc1-c1cc(C(=O)N[C@@H](Cc2ccccn2)CN(C)C)cc(N(C)C)c1. The molecule has 1 aliphatic heterocycles. The summed E-state index contributed by atoms with van der Waals surface area (Å²) in [6.07, 6.45) is 3.17. The largest absolute Gasteiger partial charge is 0.496 e. The second kappa shape index (κ2) is 17.2. The topological polar surface area (TPSA) is 146 Å². The number of aromatic nitrogens is 1. The fraction of sp³-hybridized carbons (Fsp3) is 0.568. The monoisotopic (exact) mass is 769 g/mol. The van der Waals surface area contributed by atoms with Gasteiger partial charge in [0.1, 0.15) is 11.8 Å². The molecule has 2 heterocycles. The average molecular weight is 770 g/mol. The molecule has 0 radical (unpaired) electrons. The molecule has 2 amide bonds. The molecule has 3 aliphatic carbocycles. The minimum atomic E-state index is -0.826. The Hall–Kier alpha value is -4.07. The molecule has 56 heavy (non-hydrogen) atoms. The second-order valence-electron chi connectivity index (χ2n) is 17.4. The zero-order valence-electron chi connectivity index (χ0n) is 34.7. The molecule has 2 aromatic carbocycles. The molecule has 5 N–H and O–H groups in total. The first-order valence-electron chi connectivity index (χ1n) is 20.1. The van der Waals surface area contributed by atoms with Crippen LogP contribution in [-0.2, 0) is 22.6 Å². The van der Waals surface area contributed by atoms with Crippen LogP contribution in [-0.4, -0.2) is 111 Å². The predicted molar refractivity (Wildman–Crippen MR) is 220 cm³/mol. The molecule has 12 nitrogen and oxygen atoms in total. The Morgan fingerprint density at radius 1 is 1.11 bits per heavy atom. The number of nitrogens with zero attached hydrogens (tertiary/aromatic N) is 4. The molecule has 1 saturated heterocycles. The minimum Gasteiger partial charge on any atom is -0.496 e. The number of rotatable bonds is 15. The third kappa shape index (κ3) is 8.60. The highest BCUT2D eigenvalue weighted by Gasteiger charge is 2.57. The molecular weight excluding hydrogens is 707 g/mol. The first kappa shape index (κ1) is 41.6. The number of aliphatic hydroxyl groups is 1. The molecule has 304 valence electrons. The molecule has 3 saturated carbocycles. The number of anilines is 1. The highest BCUT2D eigenvalue weighted by Crippen LogP contribution is 2.61. The molecule has 0 unspecified atom stereocenters. The van der Waals surface area contributed by atoms with Crippen molar-refractivity contribution < 1.29 is 24.3 Å². The highest BCUT2D eigenvalue weighted by molar-refractivity contribution is 5.97. The van der Waals surface area contributed by atoms with E-state index in [2.05, 4.69) is 41.3 Å². The van der Waals surface area contributed by atoms with Crippen molar-refractivity contribution in [1.29, 1.82) is 0 Å². The molecular formula is C44H63N7O5. The summed E-state index contributed by atoms with van der Waals surface area (Å²) < 4.78 is 6.13. The van der Waals surface area contributed by atoms with Gasteiger partial charge < -0.3 is 36.0 Å². The lowest BCUT2D eigenvalue weighted by Crippen LogP contribution is -2.62. The van der Waals surface area contributed by atoms with Gasteiger partial charge >= 0.3 is 0 Å². The quantitative estimate of drug-likeness (QED) is 0.176. The Bertz CT molecular complexity index is 1840. The molecule has 4 aliphatic rings. The number of hydroxylamine groups is 2. The van der Waals surface area contributed by atoms with E-state index in [0.29, 0.717) is 47.4 Å². The van der Waals surface area contributed by atoms with Crippen LogP contribution in [0.5, 0.6) is 5.75 Å². The normalized spacial score (nSPS) is 26.6. The van der Waals surface area contributed by atoms with Gasteiger partial charge in [0.25, 0.3) is 5.91 Å². The Morgan fingerprint density at radius 3 is 2.48 bits per heavy atom. The van der Waals surface area contributed by atoms with Crippen LogP contribution < -0.4 is 26.0 Å². The maximum atomic E-state index is 14.3. The third-order valence-electron chi connectivity index (χ3n) is 12.9. The van der Waals surface area contributed by atoms with Crippen molar-refractivity contribution in [2.24, 2.45) is 34.8 Å². The van der Waals surface area contributed by atoms with Gasteiger partial charge in [-0.25, -0.2) is 0 Å². The molecule has 0 spiro atoms. The summed E-state index contributed by atoms with van der Waals surface area (Å²) in [6.45, 7) is 9.68. The van der Waals surface area contributed by atoms with E-state index >= 15 is 0 Å². The van der Waals surface area contributed by atoms with Crippen LogP contribution >= 0.6 is 0 Å². The van der Waals surface area contributed by atoms with Crippen molar-refractivity contribution in [3.63, 3.8) is 0 Å². The lowest BCUT2D eigenvalue weighted by Gasteiger charge is -2.62. The van der Waals surface area contributed by atoms with E-state index < -0.39 is 24.2 Å². The number of hydrogen-bond acceptors (Lipinski definition) is 10. The molecule has 7 rings (SSSR count). The maximum absolute atomic E-state index is 14.3. The van der Waals surface area contributed by atoms with Gasteiger partial charge in [-0.1, -0.05) is 45.0 Å². The van der Waals surface area contributed by atoms with Gasteiger partial charge in [-0.3, -0.25) is 19.4 Å². The number of aliphatic hydroxyl groups excluding tert-OH is 1. The first-order valence-corrected chi connectivity index (χ1v) is 20.1. The molecule has 4 fully saturated rings. The van der Waals surface area contributed by atoms with Crippen LogP contribution in [0.2, 0.25) is 0 Å². The van der Waals surface area contributed by atoms with Crippen molar-refractivity contribution in [2.45, 2.75) is 83.8 Å². The van der Waals surface area contributed by atoms with Crippen LogP contribution in [0, 0.1) is 29.1 Å². The number of nitrogens with one attached hydrogen (secondary N) is 2. The molecule has 12 heteroatoms. The summed E-state index contributed by atoms with van der Waals surface area (Å²) in [5.74, 6) is 1.26. The number of carbonyl (C=O) groups excluding carboxylic acids is 2. The number of amides is 2. The van der Waals surface area contributed by atoms with Crippen molar-refractivity contribution in [3.8, 4) is 16.9 Å². The lowest BCUT2D eigenvalue weighted by atomic mass is 9.45. The van der Waals surface area contributed by atoms with E-state index in [0.717, 1.165) is 34.5 Å². The van der Waals surface area contributed by atoms with Gasteiger partial charge in [-0.15, -0.1) is 0 Å². The van der Waals surface area contributed by atoms with E-state index in [1.165, 1.54) is 6.42 Å². The van der Waals surface area contributed by atoms with Crippen LogP contribution in [0.1, 0.15) is 62.2 Å². The Labute approximate surface area is 333 Å². The van der Waals surface area contributed by atoms with Crippen molar-refractivity contribution in [3.05, 3.63) is 77.6 Å².